The Kier molecular flexibility index (Phi) is 6.12. The van der Waals surface area contributed by atoms with E-state index in [2.05, 4.69) is 89.6 Å². The van der Waals surface area contributed by atoms with Crippen molar-refractivity contribution >= 4 is 59.1 Å². The minimum absolute atomic E-state index is 0.157. The third kappa shape index (κ3) is 3.93. The van der Waals surface area contributed by atoms with Gasteiger partial charge in [0.05, 0.1) is 0 Å². The molecule has 102 valence electrons. The summed E-state index contributed by atoms with van der Waals surface area (Å²) < 4.78 is 1.13. The van der Waals surface area contributed by atoms with Crippen molar-refractivity contribution in [2.45, 2.75) is 18.3 Å². The van der Waals surface area contributed by atoms with Crippen LogP contribution < -0.4 is 0 Å². The number of thiophene rings is 1. The van der Waals surface area contributed by atoms with Crippen LogP contribution in [0.15, 0.2) is 46.3 Å². The Labute approximate surface area is 144 Å². The molecule has 0 spiro atoms. The summed E-state index contributed by atoms with van der Waals surface area (Å²) in [6, 6.07) is 13.0. The highest BCUT2D eigenvalue weighted by Gasteiger charge is 2.29. The van der Waals surface area contributed by atoms with Crippen LogP contribution >= 0.6 is 59.1 Å². The normalized spacial score (nSPS) is 11.7. The van der Waals surface area contributed by atoms with Crippen LogP contribution in [0, 0.1) is 0 Å². The molecule has 0 unspecified atom stereocenters. The highest BCUT2D eigenvalue weighted by molar-refractivity contribution is 9.10. The molecule has 0 amide bonds. The fraction of sp³-hybridized carbons (Fsp3) is 0.333. The average Bonchev–Trinajstić information content (AvgIpc) is 2.95. The van der Waals surface area contributed by atoms with Crippen LogP contribution in [0.2, 0.25) is 0 Å². The third-order valence-corrected chi connectivity index (χ3v) is 7.01. The Balaban J connectivity index is 2.19. The van der Waals surface area contributed by atoms with Gasteiger partial charge in [-0.15, -0.1) is 11.3 Å². The summed E-state index contributed by atoms with van der Waals surface area (Å²) in [5.74, 6) is 0. The van der Waals surface area contributed by atoms with Crippen LogP contribution in [0.5, 0.6) is 0 Å². The predicted molar refractivity (Wildman–Crippen MR) is 96.0 cm³/mol. The monoisotopic (exact) mass is 464 g/mol. The maximum Gasteiger partial charge on any atom is 0.0175 e. The van der Waals surface area contributed by atoms with Crippen molar-refractivity contribution in [2.24, 2.45) is 0 Å². The van der Waals surface area contributed by atoms with Crippen LogP contribution in [0.4, 0.5) is 0 Å². The van der Waals surface area contributed by atoms with E-state index in [1.165, 1.54) is 10.4 Å². The lowest BCUT2D eigenvalue weighted by Crippen LogP contribution is -2.30. The van der Waals surface area contributed by atoms with Gasteiger partial charge in [-0.2, -0.15) is 0 Å². The first-order valence-corrected chi connectivity index (χ1v) is 10.0. The first kappa shape index (κ1) is 15.7. The first-order chi connectivity index (χ1) is 9.20. The van der Waals surface area contributed by atoms with Gasteiger partial charge in [-0.25, -0.2) is 0 Å². The van der Waals surface area contributed by atoms with E-state index < -0.39 is 0 Å². The number of hydrogen-bond donors (Lipinski definition) is 0. The Hall–Kier alpha value is 0.360. The molecule has 0 atom stereocenters. The number of aryl methyl sites for hydroxylation is 1. The number of alkyl halides is 2. The molecule has 1 aromatic heterocycles. The number of benzene rings is 1. The molecule has 0 N–H and O–H groups in total. The van der Waals surface area contributed by atoms with Crippen molar-refractivity contribution in [2.75, 3.05) is 10.7 Å². The molecule has 19 heavy (non-hydrogen) atoms. The van der Waals surface area contributed by atoms with Gasteiger partial charge in [-0.05, 0) is 42.0 Å². The van der Waals surface area contributed by atoms with Crippen LogP contribution in [0.3, 0.4) is 0 Å². The quantitative estimate of drug-likeness (QED) is 0.446. The van der Waals surface area contributed by atoms with Gasteiger partial charge in [0.15, 0.2) is 0 Å². The van der Waals surface area contributed by atoms with Gasteiger partial charge in [0, 0.05) is 25.4 Å². The maximum absolute atomic E-state index is 3.71. The van der Waals surface area contributed by atoms with E-state index in [1.54, 1.807) is 0 Å². The van der Waals surface area contributed by atoms with Crippen molar-refractivity contribution in [3.63, 3.8) is 0 Å². The molecule has 0 aliphatic rings. The fourth-order valence-corrected chi connectivity index (χ4v) is 5.20. The maximum atomic E-state index is 3.71. The second-order valence-corrected chi connectivity index (χ2v) is 7.70. The Morgan fingerprint density at radius 3 is 2.21 bits per heavy atom. The Bertz CT molecular complexity index is 487. The molecule has 4 heteroatoms. The number of rotatable bonds is 6. The SMILES string of the molecule is BrCC(CBr)(CCc1cccs1)c1ccc(Br)cc1. The highest BCUT2D eigenvalue weighted by Crippen LogP contribution is 2.35. The van der Waals surface area contributed by atoms with Crippen molar-refractivity contribution in [1.29, 1.82) is 0 Å². The van der Waals surface area contributed by atoms with Gasteiger partial charge in [0.1, 0.15) is 0 Å². The average molecular weight is 467 g/mol. The van der Waals surface area contributed by atoms with Crippen molar-refractivity contribution in [3.8, 4) is 0 Å². The molecule has 2 aromatic rings. The standard InChI is InChI=1S/C15H15Br3S/c16-10-15(11-17,8-7-14-2-1-9-19-14)12-3-5-13(18)6-4-12/h1-6,9H,7-8,10-11H2. The van der Waals surface area contributed by atoms with Crippen molar-refractivity contribution in [1.82, 2.24) is 0 Å². The van der Waals surface area contributed by atoms with Gasteiger partial charge in [0.25, 0.3) is 0 Å². The Morgan fingerprint density at radius 2 is 1.68 bits per heavy atom. The van der Waals surface area contributed by atoms with Crippen molar-refractivity contribution in [3.05, 3.63) is 56.7 Å². The highest BCUT2D eigenvalue weighted by atomic mass is 79.9. The first-order valence-electron chi connectivity index (χ1n) is 6.10. The van der Waals surface area contributed by atoms with Crippen molar-refractivity contribution < 1.29 is 0 Å². The van der Waals surface area contributed by atoms with E-state index in [0.717, 1.165) is 28.0 Å². The van der Waals surface area contributed by atoms with Gasteiger partial charge >= 0.3 is 0 Å². The van der Waals surface area contributed by atoms with E-state index >= 15 is 0 Å². The van der Waals surface area contributed by atoms with Crippen LogP contribution in [0.1, 0.15) is 16.9 Å². The van der Waals surface area contributed by atoms with Crippen LogP contribution in [-0.4, -0.2) is 10.7 Å². The molecule has 0 aliphatic heterocycles. The molecule has 0 saturated heterocycles. The second-order valence-electron chi connectivity index (χ2n) is 4.63. The van der Waals surface area contributed by atoms with E-state index in [9.17, 15) is 0 Å². The zero-order valence-electron chi connectivity index (χ0n) is 10.4. The van der Waals surface area contributed by atoms with Crippen LogP contribution in [0.25, 0.3) is 0 Å². The largest absolute Gasteiger partial charge is 0.149 e. The molecular weight excluding hydrogens is 452 g/mol. The van der Waals surface area contributed by atoms with E-state index in [0.29, 0.717) is 0 Å². The molecule has 0 bridgehead atoms. The lowest BCUT2D eigenvalue weighted by atomic mass is 9.80. The summed E-state index contributed by atoms with van der Waals surface area (Å²) in [6.45, 7) is 0. The zero-order valence-corrected chi connectivity index (χ0v) is 16.0. The summed E-state index contributed by atoms with van der Waals surface area (Å²) >= 11 is 12.8. The number of hydrogen-bond acceptors (Lipinski definition) is 1. The lowest BCUT2D eigenvalue weighted by molar-refractivity contribution is 0.507. The minimum Gasteiger partial charge on any atom is -0.149 e. The molecule has 1 aromatic carbocycles. The molecule has 2 rings (SSSR count). The summed E-state index contributed by atoms with van der Waals surface area (Å²) in [6.07, 6.45) is 2.27. The summed E-state index contributed by atoms with van der Waals surface area (Å²) in [5.41, 5.74) is 1.55. The number of halogens is 3. The molecule has 1 heterocycles. The molecule has 0 aliphatic carbocycles. The summed E-state index contributed by atoms with van der Waals surface area (Å²) in [7, 11) is 0. The Morgan fingerprint density at radius 1 is 1.00 bits per heavy atom. The van der Waals surface area contributed by atoms with Gasteiger partial charge in [0.2, 0.25) is 0 Å². The van der Waals surface area contributed by atoms with Gasteiger partial charge < -0.3 is 0 Å². The zero-order chi connectivity index (χ0) is 13.7. The lowest BCUT2D eigenvalue weighted by Gasteiger charge is -2.30. The smallest absolute Gasteiger partial charge is 0.0175 e. The molecule has 0 nitrogen and oxygen atoms in total. The van der Waals surface area contributed by atoms with E-state index in [4.69, 9.17) is 0 Å². The summed E-state index contributed by atoms with van der Waals surface area (Å²) in [4.78, 5) is 1.46. The molecular formula is C15H15Br3S. The molecule has 0 saturated carbocycles. The topological polar surface area (TPSA) is 0 Å². The van der Waals surface area contributed by atoms with E-state index in [-0.39, 0.29) is 5.41 Å². The predicted octanol–water partition coefficient (Wildman–Crippen LogP) is 6.17. The minimum atomic E-state index is 0.157. The van der Waals surface area contributed by atoms with Gasteiger partial charge in [-0.1, -0.05) is 66.0 Å². The van der Waals surface area contributed by atoms with Crippen LogP contribution in [-0.2, 0) is 11.8 Å². The van der Waals surface area contributed by atoms with Gasteiger partial charge in [-0.3, -0.25) is 0 Å². The fourth-order valence-electron chi connectivity index (χ4n) is 2.09. The molecule has 0 radical (unpaired) electrons. The summed E-state index contributed by atoms with van der Waals surface area (Å²) in [5, 5.41) is 4.09. The second kappa shape index (κ2) is 7.39. The molecule has 0 fully saturated rings. The third-order valence-electron chi connectivity index (χ3n) is 3.40. The van der Waals surface area contributed by atoms with E-state index in [1.807, 2.05) is 11.3 Å².